The summed E-state index contributed by atoms with van der Waals surface area (Å²) in [6.45, 7) is 1.66. The largest absolute Gasteiger partial charge is 0.480 e. The molecule has 14 heavy (non-hydrogen) atoms. The molecule has 4 nitrogen and oxygen atoms in total. The van der Waals surface area contributed by atoms with Crippen LogP contribution in [0.5, 0.6) is 0 Å². The second-order valence-electron chi connectivity index (χ2n) is 3.05. The molecule has 0 saturated heterocycles. The molecule has 0 spiro atoms. The van der Waals surface area contributed by atoms with Crippen LogP contribution >= 0.6 is 0 Å². The Bertz CT molecular complexity index is 355. The molecular weight excluding hydrogens is 187 g/mol. The molecule has 0 fully saturated rings. The highest BCUT2D eigenvalue weighted by Crippen LogP contribution is 2.07. The van der Waals surface area contributed by atoms with Gasteiger partial charge in [-0.25, -0.2) is 4.98 Å². The third-order valence-corrected chi connectivity index (χ3v) is 1.82. The van der Waals surface area contributed by atoms with Crippen LogP contribution in [-0.2, 0) is 11.2 Å². The Morgan fingerprint density at radius 3 is 2.86 bits per heavy atom. The van der Waals surface area contributed by atoms with E-state index in [1.807, 2.05) is 0 Å². The first-order chi connectivity index (χ1) is 6.50. The van der Waals surface area contributed by atoms with Crippen LogP contribution in [0.3, 0.4) is 0 Å². The number of aryl methyl sites for hydroxylation is 1. The number of nitrogens with zero attached hydrogens (tertiary/aromatic N) is 1. The van der Waals surface area contributed by atoms with E-state index >= 15 is 0 Å². The fourth-order valence-corrected chi connectivity index (χ4v) is 1.03. The third kappa shape index (κ3) is 2.50. The van der Waals surface area contributed by atoms with Crippen molar-refractivity contribution in [2.75, 3.05) is 0 Å². The molecule has 0 aliphatic rings. The number of hydrogen-bond acceptors (Lipinski definition) is 3. The SMILES string of the molecule is Cc1ccc(CC(N)C(=O)O)c(F)n1. The summed E-state index contributed by atoms with van der Waals surface area (Å²) < 4.78 is 13.1. The molecule has 0 radical (unpaired) electrons. The van der Waals surface area contributed by atoms with Crippen molar-refractivity contribution in [1.82, 2.24) is 4.98 Å². The van der Waals surface area contributed by atoms with E-state index in [4.69, 9.17) is 10.8 Å². The van der Waals surface area contributed by atoms with Gasteiger partial charge in [-0.1, -0.05) is 6.07 Å². The molecule has 1 heterocycles. The van der Waals surface area contributed by atoms with Crippen molar-refractivity contribution in [3.63, 3.8) is 0 Å². The van der Waals surface area contributed by atoms with E-state index in [2.05, 4.69) is 4.98 Å². The van der Waals surface area contributed by atoms with E-state index < -0.39 is 18.0 Å². The van der Waals surface area contributed by atoms with E-state index in [-0.39, 0.29) is 12.0 Å². The minimum Gasteiger partial charge on any atom is -0.480 e. The van der Waals surface area contributed by atoms with Gasteiger partial charge >= 0.3 is 5.97 Å². The minimum absolute atomic E-state index is 0.0472. The van der Waals surface area contributed by atoms with Gasteiger partial charge in [0.1, 0.15) is 6.04 Å². The smallest absolute Gasteiger partial charge is 0.320 e. The van der Waals surface area contributed by atoms with Gasteiger partial charge in [-0.05, 0) is 13.0 Å². The Labute approximate surface area is 80.6 Å². The van der Waals surface area contributed by atoms with E-state index in [9.17, 15) is 9.18 Å². The van der Waals surface area contributed by atoms with Gasteiger partial charge in [0.25, 0.3) is 0 Å². The monoisotopic (exact) mass is 198 g/mol. The molecule has 5 heteroatoms. The van der Waals surface area contributed by atoms with E-state index in [1.54, 1.807) is 13.0 Å². The number of rotatable bonds is 3. The van der Waals surface area contributed by atoms with Crippen LogP contribution in [0.25, 0.3) is 0 Å². The Balaban J connectivity index is 2.82. The summed E-state index contributed by atoms with van der Waals surface area (Å²) in [4.78, 5) is 14.0. The van der Waals surface area contributed by atoms with Crippen LogP contribution in [-0.4, -0.2) is 22.1 Å². The van der Waals surface area contributed by atoms with Crippen LogP contribution in [0, 0.1) is 12.9 Å². The molecule has 0 amide bonds. The quantitative estimate of drug-likeness (QED) is 0.693. The summed E-state index contributed by atoms with van der Waals surface area (Å²) in [5, 5.41) is 8.52. The van der Waals surface area contributed by atoms with Crippen molar-refractivity contribution >= 4 is 5.97 Å². The van der Waals surface area contributed by atoms with E-state index in [1.165, 1.54) is 6.07 Å². The van der Waals surface area contributed by atoms with Crippen LogP contribution in [0.15, 0.2) is 12.1 Å². The minimum atomic E-state index is -1.15. The predicted molar refractivity (Wildman–Crippen MR) is 48.2 cm³/mol. The highest BCUT2D eigenvalue weighted by atomic mass is 19.1. The molecule has 0 aromatic carbocycles. The fraction of sp³-hybridized carbons (Fsp3) is 0.333. The maximum absolute atomic E-state index is 13.1. The first-order valence-electron chi connectivity index (χ1n) is 4.11. The van der Waals surface area contributed by atoms with Crippen molar-refractivity contribution in [1.29, 1.82) is 0 Å². The van der Waals surface area contributed by atoms with Crippen molar-refractivity contribution in [2.45, 2.75) is 19.4 Å². The molecule has 1 unspecified atom stereocenters. The van der Waals surface area contributed by atoms with Crippen LogP contribution < -0.4 is 5.73 Å². The van der Waals surface area contributed by atoms with Gasteiger partial charge in [-0.2, -0.15) is 4.39 Å². The molecule has 0 saturated carbocycles. The molecule has 76 valence electrons. The number of aromatic nitrogens is 1. The zero-order valence-corrected chi connectivity index (χ0v) is 7.70. The lowest BCUT2D eigenvalue weighted by atomic mass is 10.1. The molecule has 0 bridgehead atoms. The Morgan fingerprint density at radius 1 is 1.71 bits per heavy atom. The first kappa shape index (κ1) is 10.6. The number of halogens is 1. The van der Waals surface area contributed by atoms with Crippen molar-refractivity contribution in [3.05, 3.63) is 29.3 Å². The highest BCUT2D eigenvalue weighted by molar-refractivity contribution is 5.73. The standard InChI is InChI=1S/C9H11FN2O2/c1-5-2-3-6(8(10)12-5)4-7(11)9(13)14/h2-3,7H,4,11H2,1H3,(H,13,14). The normalized spacial score (nSPS) is 12.5. The average molecular weight is 198 g/mol. The number of carbonyl (C=O) groups is 1. The number of pyridine rings is 1. The highest BCUT2D eigenvalue weighted by Gasteiger charge is 2.15. The van der Waals surface area contributed by atoms with Gasteiger partial charge in [0.2, 0.25) is 5.95 Å². The molecule has 3 N–H and O–H groups in total. The summed E-state index contributed by atoms with van der Waals surface area (Å²) in [5.41, 5.74) is 6.04. The predicted octanol–water partition coefficient (Wildman–Crippen LogP) is 0.484. The first-order valence-corrected chi connectivity index (χ1v) is 4.11. The van der Waals surface area contributed by atoms with Gasteiger partial charge < -0.3 is 10.8 Å². The molecule has 0 aliphatic carbocycles. The molecule has 0 aliphatic heterocycles. The fourth-order valence-electron chi connectivity index (χ4n) is 1.03. The number of hydrogen-bond donors (Lipinski definition) is 2. The topological polar surface area (TPSA) is 76.2 Å². The van der Waals surface area contributed by atoms with E-state index in [0.29, 0.717) is 5.69 Å². The van der Waals surface area contributed by atoms with Gasteiger partial charge in [-0.15, -0.1) is 0 Å². The maximum atomic E-state index is 13.1. The van der Waals surface area contributed by atoms with E-state index in [0.717, 1.165) is 0 Å². The summed E-state index contributed by atoms with van der Waals surface area (Å²) in [6.07, 6.45) is -0.0472. The van der Waals surface area contributed by atoms with Gasteiger partial charge in [-0.3, -0.25) is 4.79 Å². The molecule has 1 aromatic rings. The van der Waals surface area contributed by atoms with Gasteiger partial charge in [0, 0.05) is 17.7 Å². The van der Waals surface area contributed by atoms with Crippen molar-refractivity contribution in [2.24, 2.45) is 5.73 Å². The molecule has 1 atom stereocenters. The average Bonchev–Trinajstić information content (AvgIpc) is 2.09. The Morgan fingerprint density at radius 2 is 2.36 bits per heavy atom. The second kappa shape index (κ2) is 4.15. The number of carboxylic acids is 1. The lowest BCUT2D eigenvalue weighted by molar-refractivity contribution is -0.138. The van der Waals surface area contributed by atoms with Crippen molar-refractivity contribution < 1.29 is 14.3 Å². The maximum Gasteiger partial charge on any atom is 0.320 e. The second-order valence-corrected chi connectivity index (χ2v) is 3.05. The number of carboxylic acid groups (broad SMARTS) is 1. The lowest BCUT2D eigenvalue weighted by Crippen LogP contribution is -2.32. The Hall–Kier alpha value is -1.49. The van der Waals surface area contributed by atoms with Gasteiger partial charge in [0.15, 0.2) is 0 Å². The zero-order valence-electron chi connectivity index (χ0n) is 7.70. The Kier molecular flexibility index (Phi) is 3.14. The summed E-state index contributed by atoms with van der Waals surface area (Å²) in [6, 6.07) is 2.03. The van der Waals surface area contributed by atoms with Gasteiger partial charge in [0.05, 0.1) is 0 Å². The van der Waals surface area contributed by atoms with Crippen LogP contribution in [0.4, 0.5) is 4.39 Å². The van der Waals surface area contributed by atoms with Crippen LogP contribution in [0.1, 0.15) is 11.3 Å². The molecular formula is C9H11FN2O2. The van der Waals surface area contributed by atoms with Crippen molar-refractivity contribution in [3.8, 4) is 0 Å². The number of aliphatic carboxylic acids is 1. The van der Waals surface area contributed by atoms with Crippen LogP contribution in [0.2, 0.25) is 0 Å². The lowest BCUT2D eigenvalue weighted by Gasteiger charge is -2.06. The zero-order chi connectivity index (χ0) is 10.7. The number of nitrogens with two attached hydrogens (primary N) is 1. The molecule has 1 aromatic heterocycles. The molecule has 1 rings (SSSR count). The summed E-state index contributed by atoms with van der Waals surface area (Å²) in [5.74, 6) is -1.80. The summed E-state index contributed by atoms with van der Waals surface area (Å²) >= 11 is 0. The third-order valence-electron chi connectivity index (χ3n) is 1.82. The summed E-state index contributed by atoms with van der Waals surface area (Å²) in [7, 11) is 0.